The van der Waals surface area contributed by atoms with E-state index in [2.05, 4.69) is 15.0 Å². The van der Waals surface area contributed by atoms with Gasteiger partial charge in [-0.1, -0.05) is 0 Å². The second kappa shape index (κ2) is 3.90. The van der Waals surface area contributed by atoms with Crippen LogP contribution in [0.15, 0.2) is 27.2 Å². The third kappa shape index (κ3) is 2.27. The number of aryl methyl sites for hydroxylation is 2. The molecule has 0 fully saturated rings. The molecular formula is C9H10N4OS. The second-order valence-electron chi connectivity index (χ2n) is 3.02. The van der Waals surface area contributed by atoms with Crippen LogP contribution < -0.4 is 5.73 Å². The largest absolute Gasteiger partial charge is 0.436 e. The summed E-state index contributed by atoms with van der Waals surface area (Å²) in [4.78, 5) is 12.3. The van der Waals surface area contributed by atoms with Crippen molar-refractivity contribution in [1.29, 1.82) is 0 Å². The van der Waals surface area contributed by atoms with Crippen LogP contribution in [-0.4, -0.2) is 15.0 Å². The second-order valence-corrected chi connectivity index (χ2v) is 3.94. The van der Waals surface area contributed by atoms with Crippen LogP contribution in [-0.2, 0) is 0 Å². The Kier molecular flexibility index (Phi) is 2.59. The van der Waals surface area contributed by atoms with Crippen molar-refractivity contribution in [3.8, 4) is 0 Å². The number of hydrogen-bond donors (Lipinski definition) is 1. The van der Waals surface area contributed by atoms with Crippen LogP contribution in [0, 0.1) is 13.8 Å². The molecule has 0 aliphatic carbocycles. The van der Waals surface area contributed by atoms with E-state index in [-0.39, 0.29) is 0 Å². The molecule has 6 heteroatoms. The van der Waals surface area contributed by atoms with E-state index in [1.807, 2.05) is 13.8 Å². The molecule has 2 aromatic rings. The van der Waals surface area contributed by atoms with E-state index in [0.29, 0.717) is 16.1 Å². The zero-order chi connectivity index (χ0) is 10.8. The van der Waals surface area contributed by atoms with Gasteiger partial charge in [-0.15, -0.1) is 0 Å². The van der Waals surface area contributed by atoms with Gasteiger partial charge in [0.15, 0.2) is 5.16 Å². The van der Waals surface area contributed by atoms with E-state index in [4.69, 9.17) is 10.2 Å². The fourth-order valence-corrected chi connectivity index (χ4v) is 1.66. The molecule has 2 N–H and O–H groups in total. The molecule has 0 radical (unpaired) electrons. The monoisotopic (exact) mass is 222 g/mol. The Hall–Kier alpha value is -1.56. The lowest BCUT2D eigenvalue weighted by Crippen LogP contribution is -1.90. The summed E-state index contributed by atoms with van der Waals surface area (Å²) < 4.78 is 5.39. The zero-order valence-electron chi connectivity index (χ0n) is 8.39. The van der Waals surface area contributed by atoms with Crippen LogP contribution in [0.1, 0.15) is 11.5 Å². The van der Waals surface area contributed by atoms with E-state index in [1.54, 1.807) is 12.4 Å². The highest BCUT2D eigenvalue weighted by Gasteiger charge is 2.08. The summed E-state index contributed by atoms with van der Waals surface area (Å²) in [5.41, 5.74) is 6.90. The highest BCUT2D eigenvalue weighted by atomic mass is 32.2. The van der Waals surface area contributed by atoms with Crippen molar-refractivity contribution in [3.63, 3.8) is 0 Å². The van der Waals surface area contributed by atoms with E-state index in [0.717, 1.165) is 11.5 Å². The first kappa shape index (κ1) is 9.97. The molecular weight excluding hydrogens is 212 g/mol. The van der Waals surface area contributed by atoms with E-state index < -0.39 is 0 Å². The minimum atomic E-state index is 0.541. The Labute approximate surface area is 91.1 Å². The number of nitrogens with zero attached hydrogens (tertiary/aromatic N) is 3. The summed E-state index contributed by atoms with van der Waals surface area (Å²) >= 11 is 1.28. The van der Waals surface area contributed by atoms with Gasteiger partial charge in [-0.05, 0) is 13.8 Å². The maximum absolute atomic E-state index is 5.47. The number of oxazole rings is 1. The van der Waals surface area contributed by atoms with Gasteiger partial charge in [0.05, 0.1) is 23.8 Å². The first-order valence-electron chi connectivity index (χ1n) is 4.34. The Morgan fingerprint density at radius 3 is 2.47 bits per heavy atom. The van der Waals surface area contributed by atoms with Gasteiger partial charge in [0.1, 0.15) is 5.76 Å². The smallest absolute Gasteiger partial charge is 0.264 e. The maximum atomic E-state index is 5.47. The molecule has 0 atom stereocenters. The molecule has 0 unspecified atom stereocenters. The summed E-state index contributed by atoms with van der Waals surface area (Å²) in [7, 11) is 0. The SMILES string of the molecule is Cc1nc(Sc2ncc(N)cn2)oc1C. The van der Waals surface area contributed by atoms with Gasteiger partial charge in [0, 0.05) is 11.8 Å². The predicted octanol–water partition coefficient (Wildman–Crippen LogP) is 1.81. The quantitative estimate of drug-likeness (QED) is 0.781. The molecule has 2 aromatic heterocycles. The van der Waals surface area contributed by atoms with Gasteiger partial charge in [-0.25, -0.2) is 15.0 Å². The van der Waals surface area contributed by atoms with Gasteiger partial charge in [-0.2, -0.15) is 0 Å². The number of nitrogen functional groups attached to an aromatic ring is 1. The van der Waals surface area contributed by atoms with Gasteiger partial charge in [0.25, 0.3) is 5.22 Å². The average molecular weight is 222 g/mol. The average Bonchev–Trinajstić information content (AvgIpc) is 2.50. The van der Waals surface area contributed by atoms with Crippen LogP contribution in [0.5, 0.6) is 0 Å². The molecule has 0 aliphatic heterocycles. The molecule has 2 heterocycles. The lowest BCUT2D eigenvalue weighted by molar-refractivity contribution is 0.430. The highest BCUT2D eigenvalue weighted by Crippen LogP contribution is 2.25. The Balaban J connectivity index is 2.18. The fourth-order valence-electron chi connectivity index (χ4n) is 0.944. The van der Waals surface area contributed by atoms with Gasteiger partial charge >= 0.3 is 0 Å². The molecule has 0 saturated carbocycles. The molecule has 0 bridgehead atoms. The first-order valence-corrected chi connectivity index (χ1v) is 5.16. The number of rotatable bonds is 2. The van der Waals surface area contributed by atoms with E-state index >= 15 is 0 Å². The van der Waals surface area contributed by atoms with Crippen molar-refractivity contribution in [2.24, 2.45) is 0 Å². The summed E-state index contributed by atoms with van der Waals surface area (Å²) in [6.45, 7) is 3.77. The molecule has 0 aromatic carbocycles. The van der Waals surface area contributed by atoms with Gasteiger partial charge in [-0.3, -0.25) is 0 Å². The lowest BCUT2D eigenvalue weighted by Gasteiger charge is -1.94. The van der Waals surface area contributed by atoms with Crippen LogP contribution in [0.2, 0.25) is 0 Å². The summed E-state index contributed by atoms with van der Waals surface area (Å²) in [6.07, 6.45) is 3.11. The molecule has 15 heavy (non-hydrogen) atoms. The molecule has 0 saturated heterocycles. The predicted molar refractivity (Wildman–Crippen MR) is 56.5 cm³/mol. The van der Waals surface area contributed by atoms with Crippen LogP contribution in [0.4, 0.5) is 5.69 Å². The minimum absolute atomic E-state index is 0.541. The lowest BCUT2D eigenvalue weighted by atomic mass is 10.4. The molecule has 0 spiro atoms. The van der Waals surface area contributed by atoms with Crippen molar-refractivity contribution >= 4 is 17.4 Å². The molecule has 2 rings (SSSR count). The maximum Gasteiger partial charge on any atom is 0.264 e. The third-order valence-electron chi connectivity index (χ3n) is 1.84. The van der Waals surface area contributed by atoms with Crippen molar-refractivity contribution in [1.82, 2.24) is 15.0 Å². The number of hydrogen-bond acceptors (Lipinski definition) is 6. The highest BCUT2D eigenvalue weighted by molar-refractivity contribution is 7.98. The van der Waals surface area contributed by atoms with Gasteiger partial charge < -0.3 is 10.2 Å². The van der Waals surface area contributed by atoms with Gasteiger partial charge in [0.2, 0.25) is 0 Å². The first-order chi connectivity index (χ1) is 7.15. The van der Waals surface area contributed by atoms with Crippen molar-refractivity contribution in [2.75, 3.05) is 5.73 Å². The minimum Gasteiger partial charge on any atom is -0.436 e. The molecule has 0 aliphatic rings. The topological polar surface area (TPSA) is 77.8 Å². The normalized spacial score (nSPS) is 10.5. The molecule has 5 nitrogen and oxygen atoms in total. The van der Waals surface area contributed by atoms with Crippen LogP contribution in [0.3, 0.4) is 0 Å². The third-order valence-corrected chi connectivity index (χ3v) is 2.58. The van der Waals surface area contributed by atoms with Crippen LogP contribution >= 0.6 is 11.8 Å². The standard InChI is InChI=1S/C9H10N4OS/c1-5-6(2)14-9(13-5)15-8-11-3-7(10)4-12-8/h3-4H,10H2,1-2H3. The Morgan fingerprint density at radius 2 is 1.93 bits per heavy atom. The van der Waals surface area contributed by atoms with E-state index in [9.17, 15) is 0 Å². The zero-order valence-corrected chi connectivity index (χ0v) is 9.21. The van der Waals surface area contributed by atoms with Crippen molar-refractivity contribution < 1.29 is 4.42 Å². The summed E-state index contributed by atoms with van der Waals surface area (Å²) in [5, 5.41) is 1.13. The van der Waals surface area contributed by atoms with E-state index in [1.165, 1.54) is 11.8 Å². The number of aromatic nitrogens is 3. The Morgan fingerprint density at radius 1 is 1.27 bits per heavy atom. The molecule has 0 amide bonds. The summed E-state index contributed by atoms with van der Waals surface area (Å²) in [6, 6.07) is 0. The van der Waals surface area contributed by atoms with Crippen LogP contribution in [0.25, 0.3) is 0 Å². The number of nitrogens with two attached hydrogens (primary N) is 1. The summed E-state index contributed by atoms with van der Waals surface area (Å²) in [5.74, 6) is 0.813. The van der Waals surface area contributed by atoms with Crippen molar-refractivity contribution in [2.45, 2.75) is 24.2 Å². The fraction of sp³-hybridized carbons (Fsp3) is 0.222. The Bertz CT molecular complexity index is 446. The number of anilines is 1. The molecule has 78 valence electrons. The van der Waals surface area contributed by atoms with Crippen molar-refractivity contribution in [3.05, 3.63) is 23.8 Å².